The number of nitrogens with one attached hydrogen (secondary N) is 1. The first-order valence-electron chi connectivity index (χ1n) is 8.00. The van der Waals surface area contributed by atoms with Crippen LogP contribution >= 0.6 is 0 Å². The molecule has 106 valence electrons. The maximum absolute atomic E-state index is 4.26. The van der Waals surface area contributed by atoms with Crippen molar-refractivity contribution in [3.05, 3.63) is 18.0 Å². The fourth-order valence-electron chi connectivity index (χ4n) is 4.28. The Morgan fingerprint density at radius 3 is 2.63 bits per heavy atom. The van der Waals surface area contributed by atoms with E-state index in [0.717, 1.165) is 12.6 Å². The fourth-order valence-corrected chi connectivity index (χ4v) is 4.28. The van der Waals surface area contributed by atoms with Crippen LogP contribution in [0.15, 0.2) is 12.3 Å². The van der Waals surface area contributed by atoms with Crippen LogP contribution in [0.4, 0.5) is 0 Å². The molecule has 0 bridgehead atoms. The topological polar surface area (TPSA) is 29.9 Å². The van der Waals surface area contributed by atoms with Gasteiger partial charge in [0.25, 0.3) is 0 Å². The molecule has 1 spiro atoms. The molecule has 1 atom stereocenters. The minimum Gasteiger partial charge on any atom is -0.308 e. The van der Waals surface area contributed by atoms with E-state index in [-0.39, 0.29) is 0 Å². The summed E-state index contributed by atoms with van der Waals surface area (Å²) in [6.07, 6.45) is 14.8. The fraction of sp³-hybridized carbons (Fsp3) is 0.812. The van der Waals surface area contributed by atoms with Crippen LogP contribution in [0.25, 0.3) is 0 Å². The lowest BCUT2D eigenvalue weighted by atomic mass is 9.62. The Hall–Kier alpha value is -0.830. The first-order chi connectivity index (χ1) is 9.30. The van der Waals surface area contributed by atoms with Crippen LogP contribution in [0.5, 0.6) is 0 Å². The monoisotopic (exact) mass is 261 g/mol. The standard InChI is InChI=1S/C16H27N3/c1-19-14(8-12-18-19)13-17-15-7-3-6-11-16(15)9-4-2-5-10-16/h8,12,15,17H,2-7,9-11,13H2,1H3. The molecule has 1 N–H and O–H groups in total. The average Bonchev–Trinajstić information content (AvgIpc) is 2.84. The highest BCUT2D eigenvalue weighted by molar-refractivity contribution is 5.02. The van der Waals surface area contributed by atoms with Gasteiger partial charge in [-0.3, -0.25) is 4.68 Å². The SMILES string of the molecule is Cn1nccc1CNC1CCCCC12CCCCC2. The Kier molecular flexibility index (Phi) is 3.92. The summed E-state index contributed by atoms with van der Waals surface area (Å²) in [5.74, 6) is 0. The molecule has 0 saturated heterocycles. The Bertz CT molecular complexity index is 396. The first kappa shape index (κ1) is 13.2. The third-order valence-electron chi connectivity index (χ3n) is 5.46. The lowest BCUT2D eigenvalue weighted by molar-refractivity contribution is 0.0733. The van der Waals surface area contributed by atoms with Crippen LogP contribution in [0, 0.1) is 5.41 Å². The van der Waals surface area contributed by atoms with Crippen molar-refractivity contribution in [1.82, 2.24) is 15.1 Å². The van der Waals surface area contributed by atoms with Gasteiger partial charge in [-0.05, 0) is 37.2 Å². The zero-order valence-electron chi connectivity index (χ0n) is 12.2. The molecule has 0 amide bonds. The van der Waals surface area contributed by atoms with Crippen LogP contribution in [0.3, 0.4) is 0 Å². The molecule has 2 aliphatic rings. The lowest BCUT2D eigenvalue weighted by Crippen LogP contribution is -2.48. The molecule has 0 radical (unpaired) electrons. The van der Waals surface area contributed by atoms with E-state index in [2.05, 4.69) is 16.5 Å². The van der Waals surface area contributed by atoms with E-state index < -0.39 is 0 Å². The zero-order valence-corrected chi connectivity index (χ0v) is 12.2. The predicted molar refractivity (Wildman–Crippen MR) is 77.8 cm³/mol. The van der Waals surface area contributed by atoms with E-state index in [4.69, 9.17) is 0 Å². The Morgan fingerprint density at radius 2 is 1.95 bits per heavy atom. The summed E-state index contributed by atoms with van der Waals surface area (Å²) >= 11 is 0. The van der Waals surface area contributed by atoms with Crippen molar-refractivity contribution < 1.29 is 0 Å². The van der Waals surface area contributed by atoms with Crippen molar-refractivity contribution in [3.8, 4) is 0 Å². The van der Waals surface area contributed by atoms with Gasteiger partial charge in [-0.15, -0.1) is 0 Å². The minimum absolute atomic E-state index is 0.620. The average molecular weight is 261 g/mol. The maximum Gasteiger partial charge on any atom is 0.0518 e. The normalized spacial score (nSPS) is 26.7. The third-order valence-corrected chi connectivity index (χ3v) is 5.46. The van der Waals surface area contributed by atoms with Gasteiger partial charge in [-0.25, -0.2) is 0 Å². The second-order valence-corrected chi connectivity index (χ2v) is 6.55. The highest BCUT2D eigenvalue weighted by Crippen LogP contribution is 2.47. The summed E-state index contributed by atoms with van der Waals surface area (Å²) in [6, 6.07) is 2.86. The minimum atomic E-state index is 0.620. The number of aryl methyl sites for hydroxylation is 1. The molecule has 3 heteroatoms. The first-order valence-corrected chi connectivity index (χ1v) is 8.00. The molecular weight excluding hydrogens is 234 g/mol. The van der Waals surface area contributed by atoms with Crippen LogP contribution in [-0.4, -0.2) is 15.8 Å². The number of nitrogens with zero attached hydrogens (tertiary/aromatic N) is 2. The Labute approximate surface area is 116 Å². The van der Waals surface area contributed by atoms with Gasteiger partial charge in [-0.2, -0.15) is 5.10 Å². The van der Waals surface area contributed by atoms with E-state index in [1.807, 2.05) is 17.9 Å². The van der Waals surface area contributed by atoms with Crippen LogP contribution < -0.4 is 5.32 Å². The molecule has 0 aromatic carbocycles. The Morgan fingerprint density at radius 1 is 1.21 bits per heavy atom. The summed E-state index contributed by atoms with van der Waals surface area (Å²) in [5, 5.41) is 8.13. The van der Waals surface area contributed by atoms with Crippen molar-refractivity contribution in [3.63, 3.8) is 0 Å². The van der Waals surface area contributed by atoms with Gasteiger partial charge in [0.2, 0.25) is 0 Å². The molecule has 2 fully saturated rings. The van der Waals surface area contributed by atoms with Crippen molar-refractivity contribution in [2.75, 3.05) is 0 Å². The van der Waals surface area contributed by atoms with Gasteiger partial charge in [0.15, 0.2) is 0 Å². The van der Waals surface area contributed by atoms with Crippen LogP contribution in [0.2, 0.25) is 0 Å². The summed E-state index contributed by atoms with van der Waals surface area (Å²) < 4.78 is 1.99. The number of aromatic nitrogens is 2. The zero-order chi connectivity index (χ0) is 13.1. The molecule has 19 heavy (non-hydrogen) atoms. The van der Waals surface area contributed by atoms with Gasteiger partial charge < -0.3 is 5.32 Å². The molecule has 1 aromatic heterocycles. The number of hydrogen-bond donors (Lipinski definition) is 1. The highest BCUT2D eigenvalue weighted by Gasteiger charge is 2.40. The number of hydrogen-bond acceptors (Lipinski definition) is 2. The Balaban J connectivity index is 1.65. The third kappa shape index (κ3) is 2.71. The summed E-state index contributed by atoms with van der Waals surface area (Å²) in [5.41, 5.74) is 1.92. The lowest BCUT2D eigenvalue weighted by Gasteiger charge is -2.47. The summed E-state index contributed by atoms with van der Waals surface area (Å²) in [4.78, 5) is 0. The van der Waals surface area contributed by atoms with Crippen molar-refractivity contribution in [2.45, 2.75) is 70.4 Å². The molecule has 2 saturated carbocycles. The smallest absolute Gasteiger partial charge is 0.0518 e. The molecule has 1 aromatic rings. The molecule has 2 aliphatic carbocycles. The molecular formula is C16H27N3. The molecule has 0 aliphatic heterocycles. The van der Waals surface area contributed by atoms with E-state index >= 15 is 0 Å². The van der Waals surface area contributed by atoms with Gasteiger partial charge >= 0.3 is 0 Å². The summed E-state index contributed by atoms with van der Waals surface area (Å²) in [7, 11) is 2.04. The van der Waals surface area contributed by atoms with Gasteiger partial charge in [-0.1, -0.05) is 32.1 Å². The molecule has 3 rings (SSSR count). The van der Waals surface area contributed by atoms with E-state index in [1.165, 1.54) is 63.5 Å². The van der Waals surface area contributed by atoms with E-state index in [1.54, 1.807) is 0 Å². The molecule has 1 heterocycles. The quantitative estimate of drug-likeness (QED) is 0.903. The van der Waals surface area contributed by atoms with Gasteiger partial charge in [0.1, 0.15) is 0 Å². The van der Waals surface area contributed by atoms with Crippen molar-refractivity contribution in [2.24, 2.45) is 12.5 Å². The van der Waals surface area contributed by atoms with Crippen LogP contribution in [0.1, 0.15) is 63.5 Å². The van der Waals surface area contributed by atoms with Gasteiger partial charge in [0.05, 0.1) is 5.69 Å². The largest absolute Gasteiger partial charge is 0.308 e. The van der Waals surface area contributed by atoms with Gasteiger partial charge in [0, 0.05) is 25.8 Å². The highest BCUT2D eigenvalue weighted by atomic mass is 15.3. The van der Waals surface area contributed by atoms with E-state index in [9.17, 15) is 0 Å². The second-order valence-electron chi connectivity index (χ2n) is 6.55. The van der Waals surface area contributed by atoms with Crippen molar-refractivity contribution >= 4 is 0 Å². The number of rotatable bonds is 3. The summed E-state index contributed by atoms with van der Waals surface area (Å²) in [6.45, 7) is 0.975. The van der Waals surface area contributed by atoms with Crippen molar-refractivity contribution in [1.29, 1.82) is 0 Å². The maximum atomic E-state index is 4.26. The predicted octanol–water partition coefficient (Wildman–Crippen LogP) is 3.40. The van der Waals surface area contributed by atoms with E-state index in [0.29, 0.717) is 5.41 Å². The molecule has 3 nitrogen and oxygen atoms in total. The van der Waals surface area contributed by atoms with Crippen LogP contribution in [-0.2, 0) is 13.6 Å². The second kappa shape index (κ2) is 5.66. The molecule has 1 unspecified atom stereocenters.